The van der Waals surface area contributed by atoms with Gasteiger partial charge >= 0.3 is 6.18 Å². The average molecular weight is 476 g/mol. The lowest BCUT2D eigenvalue weighted by molar-refractivity contribution is -0.146. The summed E-state index contributed by atoms with van der Waals surface area (Å²) >= 11 is 5.98. The van der Waals surface area contributed by atoms with Gasteiger partial charge in [0.25, 0.3) is 5.91 Å². The van der Waals surface area contributed by atoms with E-state index in [1.165, 1.54) is 36.4 Å². The summed E-state index contributed by atoms with van der Waals surface area (Å²) < 4.78 is 40.2. The molecule has 1 heterocycles. The van der Waals surface area contributed by atoms with Crippen LogP contribution >= 0.6 is 11.6 Å². The van der Waals surface area contributed by atoms with Gasteiger partial charge in [0.2, 0.25) is 5.91 Å². The molecule has 0 aromatic heterocycles. The van der Waals surface area contributed by atoms with Gasteiger partial charge in [0, 0.05) is 34.3 Å². The van der Waals surface area contributed by atoms with Crippen molar-refractivity contribution in [1.82, 2.24) is 4.90 Å². The van der Waals surface area contributed by atoms with Gasteiger partial charge in [-0.2, -0.15) is 18.4 Å². The van der Waals surface area contributed by atoms with E-state index in [-0.39, 0.29) is 33.0 Å². The van der Waals surface area contributed by atoms with E-state index in [1.807, 2.05) is 6.07 Å². The summed E-state index contributed by atoms with van der Waals surface area (Å²) in [6, 6.07) is 10.3. The standard InChI is InChI=1S/C22H17ClF3N5O2/c23-14-5-12(8-27)6-15(7-14)30-20(32)18-16-3-1-2-4-17(16)21(33)31(11-22(24,25)26)19(18)13(9-28)10-29/h1-7,9-10,18-19,28H,11,29H2,(H,30,32)/b13-10+,28-9?/t18-,19+/m0/s1. The highest BCUT2D eigenvalue weighted by Crippen LogP contribution is 2.38. The Bertz CT molecular complexity index is 1190. The Hall–Kier alpha value is -3.84. The molecule has 1 aliphatic rings. The second-order valence-electron chi connectivity index (χ2n) is 7.20. The molecule has 3 rings (SSSR count). The molecule has 11 heteroatoms. The first-order valence-corrected chi connectivity index (χ1v) is 9.88. The second-order valence-corrected chi connectivity index (χ2v) is 7.64. The van der Waals surface area contributed by atoms with Crippen molar-refractivity contribution in [3.8, 4) is 6.07 Å². The van der Waals surface area contributed by atoms with Gasteiger partial charge in [-0.05, 0) is 29.8 Å². The molecule has 0 aliphatic carbocycles. The van der Waals surface area contributed by atoms with E-state index in [9.17, 15) is 22.8 Å². The Morgan fingerprint density at radius 2 is 2.00 bits per heavy atom. The Morgan fingerprint density at radius 3 is 2.61 bits per heavy atom. The quantitative estimate of drug-likeness (QED) is 0.569. The minimum absolute atomic E-state index is 0.0664. The molecule has 0 radical (unpaired) electrons. The SMILES string of the molecule is N#Cc1cc(Cl)cc(NC(=O)[C@H]2c3ccccc3C(=O)N(CC(F)(F)F)[C@@H]2/C(C=N)=C/N)c1. The van der Waals surface area contributed by atoms with Gasteiger partial charge in [-0.15, -0.1) is 0 Å². The van der Waals surface area contributed by atoms with Crippen LogP contribution in [0.2, 0.25) is 5.02 Å². The van der Waals surface area contributed by atoms with Crippen LogP contribution in [-0.2, 0) is 4.79 Å². The maximum absolute atomic E-state index is 13.4. The molecule has 2 aromatic rings. The van der Waals surface area contributed by atoms with E-state index in [1.54, 1.807) is 6.07 Å². The third kappa shape index (κ3) is 4.99. The van der Waals surface area contributed by atoms with Gasteiger partial charge in [0.15, 0.2) is 0 Å². The summed E-state index contributed by atoms with van der Waals surface area (Å²) in [4.78, 5) is 26.9. The molecule has 2 amide bonds. The first kappa shape index (κ1) is 23.8. The number of fused-ring (bicyclic) bond motifs is 1. The number of nitrogens with one attached hydrogen (secondary N) is 2. The van der Waals surface area contributed by atoms with Crippen LogP contribution in [0.3, 0.4) is 0 Å². The smallest absolute Gasteiger partial charge is 0.404 e. The van der Waals surface area contributed by atoms with Crippen molar-refractivity contribution in [3.05, 3.63) is 76.0 Å². The fraction of sp³-hybridized carbons (Fsp3) is 0.182. The maximum atomic E-state index is 13.4. The number of amides is 2. The number of rotatable bonds is 5. The van der Waals surface area contributed by atoms with Crippen molar-refractivity contribution in [3.63, 3.8) is 0 Å². The van der Waals surface area contributed by atoms with E-state index in [2.05, 4.69) is 5.32 Å². The third-order valence-corrected chi connectivity index (χ3v) is 5.28. The number of nitrogens with zero attached hydrogens (tertiary/aromatic N) is 2. The number of alkyl halides is 3. The molecule has 7 nitrogen and oxygen atoms in total. The van der Waals surface area contributed by atoms with Gasteiger partial charge in [-0.3, -0.25) is 9.59 Å². The average Bonchev–Trinajstić information content (AvgIpc) is 2.75. The number of carbonyl (C=O) groups excluding carboxylic acids is 2. The molecule has 33 heavy (non-hydrogen) atoms. The number of halogens is 4. The van der Waals surface area contributed by atoms with Gasteiger partial charge in [0.05, 0.1) is 23.6 Å². The van der Waals surface area contributed by atoms with E-state index >= 15 is 0 Å². The predicted molar refractivity (Wildman–Crippen MR) is 116 cm³/mol. The van der Waals surface area contributed by atoms with Crippen LogP contribution in [0.1, 0.15) is 27.4 Å². The van der Waals surface area contributed by atoms with E-state index in [4.69, 9.17) is 28.0 Å². The zero-order valence-electron chi connectivity index (χ0n) is 16.9. The largest absolute Gasteiger partial charge is 0.406 e. The minimum atomic E-state index is -4.77. The number of hydrogen-bond acceptors (Lipinski definition) is 5. The molecule has 0 saturated heterocycles. The van der Waals surface area contributed by atoms with Crippen molar-refractivity contribution in [2.24, 2.45) is 5.73 Å². The van der Waals surface area contributed by atoms with E-state index in [0.29, 0.717) is 11.1 Å². The Morgan fingerprint density at radius 1 is 1.30 bits per heavy atom. The summed E-state index contributed by atoms with van der Waals surface area (Å²) in [5.41, 5.74) is 5.84. The van der Waals surface area contributed by atoms with Crippen LogP contribution < -0.4 is 11.1 Å². The Balaban J connectivity index is 2.16. The van der Waals surface area contributed by atoms with E-state index < -0.39 is 36.5 Å². The van der Waals surface area contributed by atoms with Crippen molar-refractivity contribution in [2.75, 3.05) is 11.9 Å². The molecule has 0 bridgehead atoms. The van der Waals surface area contributed by atoms with Crippen LogP contribution in [0.25, 0.3) is 0 Å². The number of nitrogens with two attached hydrogens (primary N) is 1. The summed E-state index contributed by atoms with van der Waals surface area (Å²) in [6.45, 7) is -1.64. The first-order valence-electron chi connectivity index (χ1n) is 9.50. The first-order chi connectivity index (χ1) is 15.6. The fourth-order valence-corrected chi connectivity index (χ4v) is 4.03. The molecule has 170 valence electrons. The van der Waals surface area contributed by atoms with Gasteiger partial charge in [0.1, 0.15) is 6.54 Å². The normalized spacial score (nSPS) is 18.3. The highest BCUT2D eigenvalue weighted by molar-refractivity contribution is 6.31. The van der Waals surface area contributed by atoms with Gasteiger partial charge in [-0.25, -0.2) is 0 Å². The van der Waals surface area contributed by atoms with Crippen LogP contribution in [0.15, 0.2) is 54.2 Å². The van der Waals surface area contributed by atoms with Crippen molar-refractivity contribution in [1.29, 1.82) is 10.7 Å². The number of anilines is 1. The van der Waals surface area contributed by atoms with Crippen molar-refractivity contribution in [2.45, 2.75) is 18.1 Å². The lowest BCUT2D eigenvalue weighted by Gasteiger charge is -2.42. The molecular formula is C22H17ClF3N5O2. The minimum Gasteiger partial charge on any atom is -0.404 e. The summed E-state index contributed by atoms with van der Waals surface area (Å²) in [7, 11) is 0. The maximum Gasteiger partial charge on any atom is 0.406 e. The molecule has 2 aromatic carbocycles. The molecule has 4 N–H and O–H groups in total. The topological polar surface area (TPSA) is 123 Å². The summed E-state index contributed by atoms with van der Waals surface area (Å²) in [5, 5.41) is 19.5. The number of nitriles is 1. The number of benzene rings is 2. The number of hydrogen-bond donors (Lipinski definition) is 3. The zero-order valence-corrected chi connectivity index (χ0v) is 17.6. The highest BCUT2D eigenvalue weighted by Gasteiger charge is 2.48. The van der Waals surface area contributed by atoms with Crippen LogP contribution in [0.5, 0.6) is 0 Å². The molecule has 0 spiro atoms. The summed E-state index contributed by atoms with van der Waals surface area (Å²) in [6.07, 6.45) is -3.16. The fourth-order valence-electron chi connectivity index (χ4n) is 3.79. The lowest BCUT2D eigenvalue weighted by Crippen LogP contribution is -2.55. The van der Waals surface area contributed by atoms with Crippen LogP contribution in [-0.4, -0.2) is 41.7 Å². The monoisotopic (exact) mass is 475 g/mol. The van der Waals surface area contributed by atoms with Gasteiger partial charge in [-0.1, -0.05) is 29.8 Å². The third-order valence-electron chi connectivity index (χ3n) is 5.07. The molecule has 2 atom stereocenters. The lowest BCUT2D eigenvalue weighted by atomic mass is 9.79. The highest BCUT2D eigenvalue weighted by atomic mass is 35.5. The van der Waals surface area contributed by atoms with Crippen LogP contribution in [0.4, 0.5) is 18.9 Å². The molecule has 1 aliphatic heterocycles. The molecule has 0 fully saturated rings. The number of carbonyl (C=O) groups is 2. The van der Waals surface area contributed by atoms with Crippen molar-refractivity contribution < 1.29 is 22.8 Å². The summed E-state index contributed by atoms with van der Waals surface area (Å²) in [5.74, 6) is -3.03. The second kappa shape index (κ2) is 9.34. The Kier molecular flexibility index (Phi) is 6.74. The van der Waals surface area contributed by atoms with Crippen molar-refractivity contribution >= 4 is 35.3 Å². The molecular weight excluding hydrogens is 459 g/mol. The predicted octanol–water partition coefficient (Wildman–Crippen LogP) is 3.81. The molecule has 0 unspecified atom stereocenters. The zero-order chi connectivity index (χ0) is 24.3. The molecule has 0 saturated carbocycles. The van der Waals surface area contributed by atoms with Gasteiger partial charge < -0.3 is 21.4 Å². The Labute approximate surface area is 191 Å². The van der Waals surface area contributed by atoms with E-state index in [0.717, 1.165) is 6.20 Å². The van der Waals surface area contributed by atoms with Crippen LogP contribution in [0, 0.1) is 16.7 Å².